The summed E-state index contributed by atoms with van der Waals surface area (Å²) in [5.41, 5.74) is 4.70. The molecule has 152 valence electrons. The fourth-order valence-electron chi connectivity index (χ4n) is 2.61. The number of carbonyl (C=O) groups is 1. The Morgan fingerprint density at radius 2 is 2.07 bits per heavy atom. The first-order valence-electron chi connectivity index (χ1n) is 8.89. The first kappa shape index (κ1) is 21.0. The minimum absolute atomic E-state index is 0.299. The molecule has 9 heteroatoms. The number of hydrogen-bond donors (Lipinski definition) is 1. The topological polar surface area (TPSA) is 92.3 Å². The van der Waals surface area contributed by atoms with Crippen molar-refractivity contribution in [3.8, 4) is 11.8 Å². The highest BCUT2D eigenvalue weighted by Crippen LogP contribution is 2.19. The molecule has 0 aliphatic rings. The number of aromatic nitrogens is 2. The molecule has 0 saturated carbocycles. The average molecular weight is 426 g/mol. The summed E-state index contributed by atoms with van der Waals surface area (Å²) in [6.07, 6.45) is 1.40. The number of benzene rings is 2. The van der Waals surface area contributed by atoms with E-state index in [1.807, 2.05) is 6.07 Å². The third-order valence-electron chi connectivity index (χ3n) is 4.10. The quantitative estimate of drug-likeness (QED) is 0.463. The van der Waals surface area contributed by atoms with E-state index < -0.39 is 5.91 Å². The van der Waals surface area contributed by atoms with Crippen LogP contribution in [-0.4, -0.2) is 28.5 Å². The Kier molecular flexibility index (Phi) is 6.78. The summed E-state index contributed by atoms with van der Waals surface area (Å²) in [6.45, 7) is 1.83. The van der Waals surface area contributed by atoms with Crippen molar-refractivity contribution in [3.05, 3.63) is 81.9 Å². The van der Waals surface area contributed by atoms with Gasteiger partial charge in [-0.1, -0.05) is 35.9 Å². The first-order valence-corrected chi connectivity index (χ1v) is 9.27. The molecule has 2 aromatic carbocycles. The van der Waals surface area contributed by atoms with Crippen LogP contribution in [0.25, 0.3) is 0 Å². The minimum atomic E-state index is -0.494. The van der Waals surface area contributed by atoms with Gasteiger partial charge < -0.3 is 4.74 Å². The zero-order valence-corrected chi connectivity index (χ0v) is 16.7. The van der Waals surface area contributed by atoms with Crippen molar-refractivity contribution in [2.75, 3.05) is 6.61 Å². The minimum Gasteiger partial charge on any atom is -0.482 e. The van der Waals surface area contributed by atoms with Gasteiger partial charge in [0, 0.05) is 0 Å². The molecule has 1 amide bonds. The fourth-order valence-corrected chi connectivity index (χ4v) is 2.89. The molecule has 30 heavy (non-hydrogen) atoms. The van der Waals surface area contributed by atoms with E-state index in [9.17, 15) is 9.18 Å². The molecule has 3 aromatic rings. The summed E-state index contributed by atoms with van der Waals surface area (Å²) >= 11 is 6.37. The molecule has 7 nitrogen and oxygen atoms in total. The lowest BCUT2D eigenvalue weighted by atomic mass is 10.2. The van der Waals surface area contributed by atoms with Gasteiger partial charge in [-0.25, -0.2) is 14.5 Å². The standard InChI is InChI=1S/C21H17ClFN5O2/c1-14-18(21(22)28(27-14)12-15-6-8-17(23)9-7-15)11-25-26-20(29)13-30-19-5-3-2-4-16(19)10-24/h2-9,11H,12-13H2,1H3,(H,26,29)/b25-11+. The molecule has 1 aromatic heterocycles. The SMILES string of the molecule is Cc1nn(Cc2ccc(F)cc2)c(Cl)c1/C=N/NC(=O)COc1ccccc1C#N. The van der Waals surface area contributed by atoms with Gasteiger partial charge in [0.15, 0.2) is 6.61 Å². The van der Waals surface area contributed by atoms with Gasteiger partial charge in [0.25, 0.3) is 5.91 Å². The molecule has 0 bridgehead atoms. The van der Waals surface area contributed by atoms with Gasteiger partial charge in [-0.2, -0.15) is 15.5 Å². The van der Waals surface area contributed by atoms with Crippen LogP contribution in [0.5, 0.6) is 5.75 Å². The van der Waals surface area contributed by atoms with E-state index in [1.165, 1.54) is 18.3 Å². The lowest BCUT2D eigenvalue weighted by Crippen LogP contribution is -2.24. The molecule has 1 heterocycles. The third kappa shape index (κ3) is 5.21. The Morgan fingerprint density at radius 1 is 1.33 bits per heavy atom. The Bertz CT molecular complexity index is 1120. The van der Waals surface area contributed by atoms with Crippen LogP contribution in [0, 0.1) is 24.1 Å². The van der Waals surface area contributed by atoms with Gasteiger partial charge in [-0.15, -0.1) is 0 Å². The van der Waals surface area contributed by atoms with Crippen LogP contribution in [0.2, 0.25) is 5.15 Å². The normalized spacial score (nSPS) is 10.7. The molecule has 0 aliphatic carbocycles. The molecule has 0 spiro atoms. The van der Waals surface area contributed by atoms with E-state index in [0.29, 0.717) is 34.3 Å². The highest BCUT2D eigenvalue weighted by Gasteiger charge is 2.12. The highest BCUT2D eigenvalue weighted by atomic mass is 35.5. The van der Waals surface area contributed by atoms with E-state index in [-0.39, 0.29) is 12.4 Å². The summed E-state index contributed by atoms with van der Waals surface area (Å²) in [5.74, 6) is -0.489. The van der Waals surface area contributed by atoms with E-state index in [2.05, 4.69) is 15.6 Å². The number of hydrogen-bond acceptors (Lipinski definition) is 5. The number of rotatable bonds is 7. The summed E-state index contributed by atoms with van der Waals surface area (Å²) in [5, 5.41) is 17.6. The number of hydrazone groups is 1. The molecule has 0 fully saturated rings. The van der Waals surface area contributed by atoms with Gasteiger partial charge in [0.2, 0.25) is 0 Å². The molecule has 0 unspecified atom stereocenters. The van der Waals surface area contributed by atoms with Gasteiger partial charge in [0.1, 0.15) is 22.8 Å². The predicted octanol–water partition coefficient (Wildman–Crippen LogP) is 3.43. The number of halogens is 2. The number of carbonyl (C=O) groups excluding carboxylic acids is 1. The summed E-state index contributed by atoms with van der Waals surface area (Å²) in [7, 11) is 0. The van der Waals surface area contributed by atoms with Gasteiger partial charge in [-0.3, -0.25) is 4.79 Å². The van der Waals surface area contributed by atoms with Crippen LogP contribution in [0.1, 0.15) is 22.4 Å². The predicted molar refractivity (Wildman–Crippen MR) is 110 cm³/mol. The van der Waals surface area contributed by atoms with E-state index >= 15 is 0 Å². The van der Waals surface area contributed by atoms with Gasteiger partial charge in [-0.05, 0) is 36.8 Å². The zero-order chi connectivity index (χ0) is 21.5. The van der Waals surface area contributed by atoms with Crippen LogP contribution in [0.3, 0.4) is 0 Å². The average Bonchev–Trinajstić information content (AvgIpc) is 3.01. The Hall–Kier alpha value is -3.70. The molecular weight excluding hydrogens is 409 g/mol. The number of nitriles is 1. The second-order valence-corrected chi connectivity index (χ2v) is 6.62. The van der Waals surface area contributed by atoms with Crippen LogP contribution in [-0.2, 0) is 11.3 Å². The van der Waals surface area contributed by atoms with Crippen molar-refractivity contribution in [1.82, 2.24) is 15.2 Å². The number of nitrogens with one attached hydrogen (secondary N) is 1. The summed E-state index contributed by atoms with van der Waals surface area (Å²) < 4.78 is 19.9. The Labute approximate surface area is 177 Å². The van der Waals surface area contributed by atoms with E-state index in [4.69, 9.17) is 21.6 Å². The van der Waals surface area contributed by atoms with Crippen molar-refractivity contribution >= 4 is 23.7 Å². The second-order valence-electron chi connectivity index (χ2n) is 6.26. The van der Waals surface area contributed by atoms with Crippen LogP contribution < -0.4 is 10.2 Å². The number of amides is 1. The number of nitrogens with zero attached hydrogens (tertiary/aromatic N) is 4. The van der Waals surface area contributed by atoms with E-state index in [1.54, 1.807) is 48.0 Å². The number of aryl methyl sites for hydroxylation is 1. The fraction of sp³-hybridized carbons (Fsp3) is 0.143. The van der Waals surface area contributed by atoms with Crippen molar-refractivity contribution in [2.45, 2.75) is 13.5 Å². The van der Waals surface area contributed by atoms with Crippen molar-refractivity contribution < 1.29 is 13.9 Å². The molecule has 1 N–H and O–H groups in total. The van der Waals surface area contributed by atoms with Crippen molar-refractivity contribution in [2.24, 2.45) is 5.10 Å². The molecule has 0 atom stereocenters. The molecule has 0 radical (unpaired) electrons. The lowest BCUT2D eigenvalue weighted by molar-refractivity contribution is -0.123. The molecule has 3 rings (SSSR count). The largest absolute Gasteiger partial charge is 0.482 e. The van der Waals surface area contributed by atoms with Gasteiger partial charge in [0.05, 0.1) is 29.6 Å². The zero-order valence-electron chi connectivity index (χ0n) is 16.0. The summed E-state index contributed by atoms with van der Waals surface area (Å²) in [4.78, 5) is 11.9. The molecule has 0 saturated heterocycles. The lowest BCUT2D eigenvalue weighted by Gasteiger charge is -2.06. The third-order valence-corrected chi connectivity index (χ3v) is 4.50. The molecule has 0 aliphatic heterocycles. The number of ether oxygens (including phenoxy) is 1. The second kappa shape index (κ2) is 9.67. The van der Waals surface area contributed by atoms with Crippen molar-refractivity contribution in [3.63, 3.8) is 0 Å². The van der Waals surface area contributed by atoms with Gasteiger partial charge >= 0.3 is 0 Å². The number of para-hydroxylation sites is 1. The maximum absolute atomic E-state index is 13.0. The smallest absolute Gasteiger partial charge is 0.277 e. The van der Waals surface area contributed by atoms with Crippen molar-refractivity contribution in [1.29, 1.82) is 5.26 Å². The maximum Gasteiger partial charge on any atom is 0.277 e. The molecular formula is C21H17ClFN5O2. The maximum atomic E-state index is 13.0. The van der Waals surface area contributed by atoms with Crippen LogP contribution >= 0.6 is 11.6 Å². The van der Waals surface area contributed by atoms with E-state index in [0.717, 1.165) is 5.56 Å². The first-order chi connectivity index (χ1) is 14.5. The Morgan fingerprint density at radius 3 is 2.80 bits per heavy atom. The van der Waals surface area contributed by atoms with Crippen LogP contribution in [0.4, 0.5) is 4.39 Å². The Balaban J connectivity index is 1.59. The summed E-state index contributed by atoms with van der Waals surface area (Å²) in [6, 6.07) is 14.7. The highest BCUT2D eigenvalue weighted by molar-refractivity contribution is 6.32. The van der Waals surface area contributed by atoms with Crippen LogP contribution in [0.15, 0.2) is 53.6 Å². The monoisotopic (exact) mass is 425 g/mol.